The summed E-state index contributed by atoms with van der Waals surface area (Å²) in [6, 6.07) is 7.12. The van der Waals surface area contributed by atoms with Crippen LogP contribution in [0.5, 0.6) is 0 Å². The molecule has 0 saturated heterocycles. The van der Waals surface area contributed by atoms with Gasteiger partial charge in [0.1, 0.15) is 0 Å². The number of hydrogen-bond donors (Lipinski definition) is 2. The molecular formula is C16H26N2O2S. The van der Waals surface area contributed by atoms with Crippen LogP contribution in [0.4, 0.5) is 0 Å². The van der Waals surface area contributed by atoms with Gasteiger partial charge in [0.2, 0.25) is 10.0 Å². The van der Waals surface area contributed by atoms with Gasteiger partial charge in [-0.1, -0.05) is 31.9 Å². The Morgan fingerprint density at radius 2 is 2.10 bits per heavy atom. The first-order valence-electron chi connectivity index (χ1n) is 7.74. The molecule has 2 N–H and O–H groups in total. The lowest BCUT2D eigenvalue weighted by molar-refractivity contribution is 0.283. The van der Waals surface area contributed by atoms with E-state index in [1.54, 1.807) is 18.2 Å². The van der Waals surface area contributed by atoms with Crippen molar-refractivity contribution in [3.63, 3.8) is 0 Å². The molecule has 2 rings (SSSR count). The summed E-state index contributed by atoms with van der Waals surface area (Å²) in [5, 5.41) is 3.04. The van der Waals surface area contributed by atoms with E-state index < -0.39 is 10.0 Å². The Balaban J connectivity index is 1.99. The van der Waals surface area contributed by atoms with E-state index in [2.05, 4.69) is 17.0 Å². The topological polar surface area (TPSA) is 58.2 Å². The van der Waals surface area contributed by atoms with Crippen molar-refractivity contribution in [2.45, 2.75) is 44.0 Å². The zero-order chi connectivity index (χ0) is 15.3. The summed E-state index contributed by atoms with van der Waals surface area (Å²) in [5.74, 6) is 1.19. The van der Waals surface area contributed by atoms with Crippen LogP contribution in [0.25, 0.3) is 0 Å². The van der Waals surface area contributed by atoms with E-state index in [1.165, 1.54) is 12.8 Å². The summed E-state index contributed by atoms with van der Waals surface area (Å²) in [4.78, 5) is 0.360. The largest absolute Gasteiger partial charge is 0.316 e. The second-order valence-corrected chi connectivity index (χ2v) is 7.93. The first kappa shape index (κ1) is 16.5. The van der Waals surface area contributed by atoms with Crippen molar-refractivity contribution >= 4 is 10.0 Å². The third-order valence-electron chi connectivity index (χ3n) is 4.20. The molecule has 0 heterocycles. The molecule has 2 unspecified atom stereocenters. The van der Waals surface area contributed by atoms with Gasteiger partial charge in [-0.2, -0.15) is 0 Å². The standard InChI is InChI=1S/C16H26N2O2S/c1-13-5-3-6-14(9-13)12-18-21(19,20)16-8-4-7-15(10-16)11-17-2/h4,7-8,10,13-14,17-18H,3,5-6,9,11-12H2,1-2H3. The quantitative estimate of drug-likeness (QED) is 0.849. The van der Waals surface area contributed by atoms with Gasteiger partial charge in [-0.25, -0.2) is 13.1 Å². The lowest BCUT2D eigenvalue weighted by Crippen LogP contribution is -2.31. The number of rotatable bonds is 6. The highest BCUT2D eigenvalue weighted by molar-refractivity contribution is 7.89. The monoisotopic (exact) mass is 310 g/mol. The molecule has 1 aliphatic carbocycles. The van der Waals surface area contributed by atoms with E-state index in [0.29, 0.717) is 29.8 Å². The molecule has 0 bridgehead atoms. The third kappa shape index (κ3) is 4.80. The van der Waals surface area contributed by atoms with Crippen molar-refractivity contribution < 1.29 is 8.42 Å². The van der Waals surface area contributed by atoms with Gasteiger partial charge in [-0.15, -0.1) is 0 Å². The maximum absolute atomic E-state index is 12.4. The van der Waals surface area contributed by atoms with E-state index >= 15 is 0 Å². The summed E-state index contributed by atoms with van der Waals surface area (Å²) < 4.78 is 27.5. The Labute approximate surface area is 128 Å². The maximum atomic E-state index is 12.4. The molecule has 0 amide bonds. The van der Waals surface area contributed by atoms with Gasteiger partial charge in [0.25, 0.3) is 0 Å². The van der Waals surface area contributed by atoms with E-state index in [0.717, 1.165) is 18.4 Å². The van der Waals surface area contributed by atoms with Gasteiger partial charge in [0.15, 0.2) is 0 Å². The smallest absolute Gasteiger partial charge is 0.240 e. The Morgan fingerprint density at radius 1 is 1.29 bits per heavy atom. The lowest BCUT2D eigenvalue weighted by atomic mass is 9.83. The number of nitrogens with one attached hydrogen (secondary N) is 2. The van der Waals surface area contributed by atoms with E-state index in [9.17, 15) is 8.42 Å². The molecule has 1 fully saturated rings. The molecular weight excluding hydrogens is 284 g/mol. The molecule has 0 aromatic heterocycles. The van der Waals surface area contributed by atoms with Crippen LogP contribution in [0.15, 0.2) is 29.2 Å². The maximum Gasteiger partial charge on any atom is 0.240 e. The second kappa shape index (κ2) is 7.38. The fraction of sp³-hybridized carbons (Fsp3) is 0.625. The summed E-state index contributed by atoms with van der Waals surface area (Å²) in [6.07, 6.45) is 4.75. The highest BCUT2D eigenvalue weighted by Gasteiger charge is 2.21. The van der Waals surface area contributed by atoms with Crippen LogP contribution in [0, 0.1) is 11.8 Å². The van der Waals surface area contributed by atoms with Crippen LogP contribution in [-0.2, 0) is 16.6 Å². The minimum atomic E-state index is -3.40. The molecule has 0 radical (unpaired) electrons. The molecule has 1 aromatic carbocycles. The average molecular weight is 310 g/mol. The van der Waals surface area contributed by atoms with Gasteiger partial charge in [0, 0.05) is 13.1 Å². The van der Waals surface area contributed by atoms with Crippen LogP contribution in [-0.4, -0.2) is 22.0 Å². The SMILES string of the molecule is CNCc1cccc(S(=O)(=O)NCC2CCCC(C)C2)c1. The van der Waals surface area contributed by atoms with Gasteiger partial charge < -0.3 is 5.32 Å². The van der Waals surface area contributed by atoms with E-state index in [4.69, 9.17) is 0 Å². The van der Waals surface area contributed by atoms with Crippen molar-refractivity contribution in [1.29, 1.82) is 0 Å². The van der Waals surface area contributed by atoms with Gasteiger partial charge in [-0.05, 0) is 49.4 Å². The summed E-state index contributed by atoms with van der Waals surface area (Å²) in [5.41, 5.74) is 0.978. The minimum Gasteiger partial charge on any atom is -0.316 e. The Kier molecular flexibility index (Phi) is 5.79. The summed E-state index contributed by atoms with van der Waals surface area (Å²) in [7, 11) is -1.54. The number of hydrogen-bond acceptors (Lipinski definition) is 3. The average Bonchev–Trinajstić information content (AvgIpc) is 2.46. The van der Waals surface area contributed by atoms with Crippen molar-refractivity contribution in [3.05, 3.63) is 29.8 Å². The molecule has 4 nitrogen and oxygen atoms in total. The molecule has 1 saturated carbocycles. The molecule has 5 heteroatoms. The second-order valence-electron chi connectivity index (χ2n) is 6.17. The molecule has 1 aliphatic rings. The van der Waals surface area contributed by atoms with Crippen molar-refractivity contribution in [1.82, 2.24) is 10.0 Å². The first-order valence-corrected chi connectivity index (χ1v) is 9.23. The Morgan fingerprint density at radius 3 is 2.81 bits per heavy atom. The van der Waals surface area contributed by atoms with Gasteiger partial charge in [0.05, 0.1) is 4.90 Å². The van der Waals surface area contributed by atoms with E-state index in [1.807, 2.05) is 13.1 Å². The van der Waals surface area contributed by atoms with E-state index in [-0.39, 0.29) is 0 Å². The summed E-state index contributed by atoms with van der Waals surface area (Å²) >= 11 is 0. The number of sulfonamides is 1. The van der Waals surface area contributed by atoms with Crippen LogP contribution >= 0.6 is 0 Å². The Hall–Kier alpha value is -0.910. The highest BCUT2D eigenvalue weighted by atomic mass is 32.2. The zero-order valence-corrected chi connectivity index (χ0v) is 13.7. The fourth-order valence-electron chi connectivity index (χ4n) is 3.08. The van der Waals surface area contributed by atoms with Crippen LogP contribution in [0.3, 0.4) is 0 Å². The highest BCUT2D eigenvalue weighted by Crippen LogP contribution is 2.28. The normalized spacial score (nSPS) is 23.1. The van der Waals surface area contributed by atoms with Crippen LogP contribution < -0.4 is 10.0 Å². The molecule has 0 spiro atoms. The zero-order valence-electron chi connectivity index (χ0n) is 12.9. The molecule has 118 valence electrons. The first-order chi connectivity index (χ1) is 10.0. The lowest BCUT2D eigenvalue weighted by Gasteiger charge is -2.26. The predicted molar refractivity (Wildman–Crippen MR) is 85.5 cm³/mol. The molecule has 21 heavy (non-hydrogen) atoms. The molecule has 2 atom stereocenters. The van der Waals surface area contributed by atoms with Gasteiger partial charge >= 0.3 is 0 Å². The third-order valence-corrected chi connectivity index (χ3v) is 5.62. The van der Waals surface area contributed by atoms with Crippen molar-refractivity contribution in [2.75, 3.05) is 13.6 Å². The van der Waals surface area contributed by atoms with Crippen LogP contribution in [0.1, 0.15) is 38.2 Å². The molecule has 0 aliphatic heterocycles. The number of benzene rings is 1. The van der Waals surface area contributed by atoms with Crippen molar-refractivity contribution in [2.24, 2.45) is 11.8 Å². The van der Waals surface area contributed by atoms with Crippen molar-refractivity contribution in [3.8, 4) is 0 Å². The predicted octanol–water partition coefficient (Wildman–Crippen LogP) is 2.51. The molecule has 1 aromatic rings. The van der Waals surface area contributed by atoms with Crippen LogP contribution in [0.2, 0.25) is 0 Å². The fourth-order valence-corrected chi connectivity index (χ4v) is 4.27. The minimum absolute atomic E-state index is 0.360. The Bertz CT molecular complexity index is 557. The summed E-state index contributed by atoms with van der Waals surface area (Å²) in [6.45, 7) is 3.48. The van der Waals surface area contributed by atoms with Gasteiger partial charge in [-0.3, -0.25) is 0 Å².